The van der Waals surface area contributed by atoms with E-state index in [1.54, 1.807) is 11.6 Å². The molecule has 1 aliphatic heterocycles. The largest absolute Gasteiger partial charge is 0.460 e. The van der Waals surface area contributed by atoms with Gasteiger partial charge in [-0.3, -0.25) is 0 Å². The SMILES string of the molecule is CCOC(=O)c1nc2n(n1)[C@H](C(C)C)C[C@@H]2O. The van der Waals surface area contributed by atoms with Gasteiger partial charge in [0.1, 0.15) is 6.10 Å². The van der Waals surface area contributed by atoms with Crippen molar-refractivity contribution in [3.8, 4) is 0 Å². The molecule has 0 unspecified atom stereocenters. The van der Waals surface area contributed by atoms with Gasteiger partial charge in [0.2, 0.25) is 0 Å². The van der Waals surface area contributed by atoms with E-state index in [4.69, 9.17) is 4.74 Å². The minimum atomic E-state index is -0.641. The average molecular weight is 239 g/mol. The van der Waals surface area contributed by atoms with E-state index in [0.717, 1.165) is 0 Å². The first-order chi connectivity index (χ1) is 8.04. The van der Waals surface area contributed by atoms with E-state index >= 15 is 0 Å². The lowest BCUT2D eigenvalue weighted by Crippen LogP contribution is -2.14. The Kier molecular flexibility index (Phi) is 3.15. The third kappa shape index (κ3) is 2.04. The molecule has 1 aromatic rings. The highest BCUT2D eigenvalue weighted by Gasteiger charge is 2.35. The van der Waals surface area contributed by atoms with Gasteiger partial charge in [0.25, 0.3) is 5.82 Å². The number of rotatable bonds is 3. The molecule has 0 saturated carbocycles. The van der Waals surface area contributed by atoms with Crippen molar-refractivity contribution in [3.63, 3.8) is 0 Å². The van der Waals surface area contributed by atoms with Crippen molar-refractivity contribution in [2.75, 3.05) is 6.61 Å². The number of carbonyl (C=O) groups is 1. The monoisotopic (exact) mass is 239 g/mol. The second-order valence-corrected chi connectivity index (χ2v) is 4.52. The molecular weight excluding hydrogens is 222 g/mol. The molecule has 0 aromatic carbocycles. The fourth-order valence-electron chi connectivity index (χ4n) is 2.08. The number of aliphatic hydroxyl groups is 1. The van der Waals surface area contributed by atoms with E-state index in [2.05, 4.69) is 23.9 Å². The Hall–Kier alpha value is -1.43. The number of aliphatic hydroxyl groups excluding tert-OH is 1. The summed E-state index contributed by atoms with van der Waals surface area (Å²) in [6.45, 7) is 6.13. The van der Waals surface area contributed by atoms with Crippen LogP contribution < -0.4 is 0 Å². The van der Waals surface area contributed by atoms with E-state index in [0.29, 0.717) is 24.8 Å². The molecule has 0 aliphatic carbocycles. The van der Waals surface area contributed by atoms with Crippen molar-refractivity contribution in [1.29, 1.82) is 0 Å². The highest BCUT2D eigenvalue weighted by atomic mass is 16.5. The lowest BCUT2D eigenvalue weighted by atomic mass is 10.0. The molecule has 1 N–H and O–H groups in total. The minimum absolute atomic E-state index is 0.0336. The molecule has 0 radical (unpaired) electrons. The first-order valence-electron chi connectivity index (χ1n) is 5.86. The van der Waals surface area contributed by atoms with Crippen LogP contribution in [0.5, 0.6) is 0 Å². The summed E-state index contributed by atoms with van der Waals surface area (Å²) >= 11 is 0. The Morgan fingerprint density at radius 3 is 2.94 bits per heavy atom. The Bertz CT molecular complexity index is 428. The molecule has 0 spiro atoms. The zero-order valence-electron chi connectivity index (χ0n) is 10.3. The summed E-state index contributed by atoms with van der Waals surface area (Å²) in [6.07, 6.45) is -0.0334. The maximum atomic E-state index is 11.5. The molecular formula is C11H17N3O3. The standard InChI is InChI=1S/C11H17N3O3/c1-4-17-11(16)9-12-10-8(15)5-7(6(2)3)14(10)13-9/h6-8,15H,4-5H2,1-3H3/t7-,8-/m0/s1. The highest BCUT2D eigenvalue weighted by Crippen LogP contribution is 2.36. The van der Waals surface area contributed by atoms with Gasteiger partial charge in [0.05, 0.1) is 12.6 Å². The van der Waals surface area contributed by atoms with E-state index in [1.807, 2.05) is 0 Å². The number of aromatic nitrogens is 3. The van der Waals surface area contributed by atoms with Crippen molar-refractivity contribution >= 4 is 5.97 Å². The Balaban J connectivity index is 2.29. The predicted octanol–water partition coefficient (Wildman–Crippen LogP) is 1.09. The van der Waals surface area contributed by atoms with Crippen molar-refractivity contribution < 1.29 is 14.6 Å². The van der Waals surface area contributed by atoms with Crippen LogP contribution >= 0.6 is 0 Å². The van der Waals surface area contributed by atoms with Gasteiger partial charge in [-0.15, -0.1) is 5.10 Å². The molecule has 1 aliphatic rings. The number of carbonyl (C=O) groups excluding carboxylic acids is 1. The third-order valence-corrected chi connectivity index (χ3v) is 2.96. The molecule has 17 heavy (non-hydrogen) atoms. The van der Waals surface area contributed by atoms with Crippen LogP contribution in [0.2, 0.25) is 0 Å². The van der Waals surface area contributed by atoms with Crippen LogP contribution in [0.3, 0.4) is 0 Å². The normalized spacial score (nSPS) is 22.9. The number of hydrogen-bond acceptors (Lipinski definition) is 5. The summed E-state index contributed by atoms with van der Waals surface area (Å²) in [7, 11) is 0. The van der Waals surface area contributed by atoms with Crippen LogP contribution in [0.4, 0.5) is 0 Å². The molecule has 0 bridgehead atoms. The quantitative estimate of drug-likeness (QED) is 0.799. The highest BCUT2D eigenvalue weighted by molar-refractivity contribution is 5.85. The minimum Gasteiger partial charge on any atom is -0.460 e. The molecule has 6 heteroatoms. The van der Waals surface area contributed by atoms with Crippen LogP contribution in [0.15, 0.2) is 0 Å². The zero-order valence-corrected chi connectivity index (χ0v) is 10.3. The molecule has 2 rings (SSSR count). The molecule has 0 amide bonds. The van der Waals surface area contributed by atoms with Crippen molar-refractivity contribution in [2.24, 2.45) is 5.92 Å². The molecule has 0 fully saturated rings. The van der Waals surface area contributed by atoms with Crippen LogP contribution in [-0.4, -0.2) is 32.4 Å². The third-order valence-electron chi connectivity index (χ3n) is 2.96. The summed E-state index contributed by atoms with van der Waals surface area (Å²) in [6, 6.07) is 0.0932. The van der Waals surface area contributed by atoms with Crippen LogP contribution in [-0.2, 0) is 4.74 Å². The van der Waals surface area contributed by atoms with Crippen LogP contribution in [0, 0.1) is 5.92 Å². The lowest BCUT2D eigenvalue weighted by Gasteiger charge is -2.14. The maximum Gasteiger partial charge on any atom is 0.378 e. The van der Waals surface area contributed by atoms with Gasteiger partial charge in [-0.25, -0.2) is 14.5 Å². The summed E-state index contributed by atoms with van der Waals surface area (Å²) < 4.78 is 6.49. The first-order valence-corrected chi connectivity index (χ1v) is 5.86. The van der Waals surface area contributed by atoms with Gasteiger partial charge in [-0.05, 0) is 12.8 Å². The van der Waals surface area contributed by atoms with Crippen molar-refractivity contribution in [3.05, 3.63) is 11.6 Å². The van der Waals surface area contributed by atoms with Gasteiger partial charge in [0, 0.05) is 6.42 Å². The Labute approximate surface area is 99.6 Å². The molecule has 2 heterocycles. The summed E-state index contributed by atoms with van der Waals surface area (Å²) in [5, 5.41) is 14.0. The van der Waals surface area contributed by atoms with Gasteiger partial charge < -0.3 is 9.84 Å². The Morgan fingerprint density at radius 2 is 2.35 bits per heavy atom. The number of nitrogens with zero attached hydrogens (tertiary/aromatic N) is 3. The second-order valence-electron chi connectivity index (χ2n) is 4.52. The topological polar surface area (TPSA) is 77.2 Å². The van der Waals surface area contributed by atoms with Gasteiger partial charge >= 0.3 is 5.97 Å². The van der Waals surface area contributed by atoms with Crippen LogP contribution in [0.1, 0.15) is 55.8 Å². The molecule has 1 aromatic heterocycles. The summed E-state index contributed by atoms with van der Waals surface area (Å²) in [5.41, 5.74) is 0. The molecule has 2 atom stereocenters. The van der Waals surface area contributed by atoms with Crippen LogP contribution in [0.25, 0.3) is 0 Å². The molecule has 6 nitrogen and oxygen atoms in total. The summed E-state index contributed by atoms with van der Waals surface area (Å²) in [4.78, 5) is 15.5. The average Bonchev–Trinajstić information content (AvgIpc) is 2.80. The van der Waals surface area contributed by atoms with Gasteiger partial charge in [-0.1, -0.05) is 13.8 Å². The second kappa shape index (κ2) is 4.44. The fourth-order valence-corrected chi connectivity index (χ4v) is 2.08. The van der Waals surface area contributed by atoms with Crippen molar-refractivity contribution in [1.82, 2.24) is 14.8 Å². The smallest absolute Gasteiger partial charge is 0.378 e. The maximum absolute atomic E-state index is 11.5. The number of esters is 1. The van der Waals surface area contributed by atoms with Gasteiger partial charge in [-0.2, -0.15) is 0 Å². The van der Waals surface area contributed by atoms with E-state index in [1.165, 1.54) is 0 Å². The number of ether oxygens (including phenoxy) is 1. The Morgan fingerprint density at radius 1 is 1.65 bits per heavy atom. The lowest BCUT2D eigenvalue weighted by molar-refractivity contribution is 0.0510. The van der Waals surface area contributed by atoms with Gasteiger partial charge in [0.15, 0.2) is 5.82 Å². The van der Waals surface area contributed by atoms with E-state index < -0.39 is 12.1 Å². The fraction of sp³-hybridized carbons (Fsp3) is 0.727. The number of fused-ring (bicyclic) bond motifs is 1. The van der Waals surface area contributed by atoms with E-state index in [9.17, 15) is 9.90 Å². The number of hydrogen-bond donors (Lipinski definition) is 1. The summed E-state index contributed by atoms with van der Waals surface area (Å²) in [5.74, 6) is 0.296. The molecule has 94 valence electrons. The van der Waals surface area contributed by atoms with Crippen molar-refractivity contribution in [2.45, 2.75) is 39.3 Å². The first kappa shape index (κ1) is 12.0. The van der Waals surface area contributed by atoms with E-state index in [-0.39, 0.29) is 11.9 Å². The zero-order chi connectivity index (χ0) is 12.6. The molecule has 0 saturated heterocycles. The predicted molar refractivity (Wildman–Crippen MR) is 59.4 cm³/mol.